The minimum atomic E-state index is -3.53. The summed E-state index contributed by atoms with van der Waals surface area (Å²) in [5.74, 6) is -0.148. The molecule has 2 fully saturated rings. The summed E-state index contributed by atoms with van der Waals surface area (Å²) in [4.78, 5) is 28.1. The van der Waals surface area contributed by atoms with Crippen molar-refractivity contribution in [3.8, 4) is 0 Å². The molecule has 1 atom stereocenters. The second-order valence-electron chi connectivity index (χ2n) is 6.99. The highest BCUT2D eigenvalue weighted by atomic mass is 35.5. The molecule has 0 aliphatic carbocycles. The maximum Gasteiger partial charge on any atom is 0.243 e. The first-order valence-corrected chi connectivity index (χ1v) is 10.7. The Morgan fingerprint density at radius 1 is 0.929 bits per heavy atom. The predicted octanol–water partition coefficient (Wildman–Crippen LogP) is 0.281. The molecule has 2 N–H and O–H groups in total. The van der Waals surface area contributed by atoms with E-state index >= 15 is 0 Å². The molecule has 0 spiro atoms. The van der Waals surface area contributed by atoms with E-state index in [0.717, 1.165) is 6.42 Å². The highest BCUT2D eigenvalue weighted by molar-refractivity contribution is 7.89. The number of piperazine rings is 1. The predicted molar refractivity (Wildman–Crippen MR) is 107 cm³/mol. The Bertz CT molecular complexity index is 782. The SMILES string of the molecule is Cl.N[C@@H]1CCN(C(=O)CCC(=O)N2CCN(S(=O)(=O)c3ccccc3)CC2)C1. The van der Waals surface area contributed by atoms with Crippen molar-refractivity contribution in [1.82, 2.24) is 14.1 Å². The van der Waals surface area contributed by atoms with Crippen molar-refractivity contribution in [3.63, 3.8) is 0 Å². The molecule has 10 heteroatoms. The van der Waals surface area contributed by atoms with E-state index in [9.17, 15) is 18.0 Å². The van der Waals surface area contributed by atoms with Gasteiger partial charge in [-0.2, -0.15) is 4.31 Å². The molecule has 0 aromatic heterocycles. The minimum Gasteiger partial charge on any atom is -0.341 e. The lowest BCUT2D eigenvalue weighted by atomic mass is 10.2. The molecule has 1 aromatic carbocycles. The number of carbonyl (C=O) groups excluding carboxylic acids is 2. The van der Waals surface area contributed by atoms with Crippen molar-refractivity contribution in [2.24, 2.45) is 5.73 Å². The van der Waals surface area contributed by atoms with Crippen LogP contribution in [0.25, 0.3) is 0 Å². The van der Waals surface area contributed by atoms with Gasteiger partial charge in [-0.15, -0.1) is 12.4 Å². The van der Waals surface area contributed by atoms with Gasteiger partial charge < -0.3 is 15.5 Å². The molecule has 0 unspecified atom stereocenters. The zero-order valence-corrected chi connectivity index (χ0v) is 17.3. The van der Waals surface area contributed by atoms with Crippen molar-refractivity contribution in [2.75, 3.05) is 39.3 Å². The number of amides is 2. The Balaban J connectivity index is 0.00000280. The lowest BCUT2D eigenvalue weighted by Crippen LogP contribution is -2.50. The fourth-order valence-corrected chi connectivity index (χ4v) is 4.91. The summed E-state index contributed by atoms with van der Waals surface area (Å²) in [5.41, 5.74) is 5.80. The van der Waals surface area contributed by atoms with Gasteiger partial charge in [0.05, 0.1) is 4.90 Å². The number of sulfonamides is 1. The van der Waals surface area contributed by atoms with E-state index in [1.807, 2.05) is 0 Å². The van der Waals surface area contributed by atoms with Crippen LogP contribution in [0, 0.1) is 0 Å². The maximum atomic E-state index is 12.6. The van der Waals surface area contributed by atoms with Gasteiger partial charge in [0.1, 0.15) is 0 Å². The third kappa shape index (κ3) is 5.22. The van der Waals surface area contributed by atoms with E-state index in [1.54, 1.807) is 40.1 Å². The van der Waals surface area contributed by atoms with E-state index in [0.29, 0.717) is 26.2 Å². The van der Waals surface area contributed by atoms with Crippen molar-refractivity contribution < 1.29 is 18.0 Å². The normalized spacial score (nSPS) is 20.7. The fraction of sp³-hybridized carbons (Fsp3) is 0.556. The summed E-state index contributed by atoms with van der Waals surface area (Å²) in [5, 5.41) is 0. The zero-order valence-electron chi connectivity index (χ0n) is 15.7. The Kier molecular flexibility index (Phi) is 7.82. The minimum absolute atomic E-state index is 0. The molecule has 2 heterocycles. The number of halogens is 1. The number of carbonyl (C=O) groups is 2. The van der Waals surface area contributed by atoms with Crippen molar-refractivity contribution in [1.29, 1.82) is 0 Å². The molecule has 0 saturated carbocycles. The van der Waals surface area contributed by atoms with Crippen LogP contribution < -0.4 is 5.73 Å². The van der Waals surface area contributed by atoms with Crippen LogP contribution in [-0.2, 0) is 19.6 Å². The summed E-state index contributed by atoms with van der Waals surface area (Å²) in [6.07, 6.45) is 1.13. The molecule has 28 heavy (non-hydrogen) atoms. The van der Waals surface area contributed by atoms with Gasteiger partial charge in [0.25, 0.3) is 0 Å². The van der Waals surface area contributed by atoms with Gasteiger partial charge in [-0.3, -0.25) is 9.59 Å². The summed E-state index contributed by atoms with van der Waals surface area (Å²) in [7, 11) is -3.53. The molecule has 2 aliphatic rings. The van der Waals surface area contributed by atoms with Gasteiger partial charge in [-0.1, -0.05) is 18.2 Å². The highest BCUT2D eigenvalue weighted by Crippen LogP contribution is 2.18. The number of nitrogens with zero attached hydrogens (tertiary/aromatic N) is 3. The summed E-state index contributed by atoms with van der Waals surface area (Å²) < 4.78 is 26.6. The van der Waals surface area contributed by atoms with Crippen molar-refractivity contribution in [3.05, 3.63) is 30.3 Å². The van der Waals surface area contributed by atoms with Crippen LogP contribution >= 0.6 is 12.4 Å². The third-order valence-corrected chi connectivity index (χ3v) is 7.02. The molecule has 2 aliphatic heterocycles. The maximum absolute atomic E-state index is 12.6. The lowest BCUT2D eigenvalue weighted by Gasteiger charge is -2.34. The van der Waals surface area contributed by atoms with E-state index < -0.39 is 10.0 Å². The van der Waals surface area contributed by atoms with Crippen LogP contribution in [0.3, 0.4) is 0 Å². The van der Waals surface area contributed by atoms with E-state index in [2.05, 4.69) is 0 Å². The lowest BCUT2D eigenvalue weighted by molar-refractivity contribution is -0.137. The number of likely N-dealkylation sites (tertiary alicyclic amines) is 1. The number of rotatable bonds is 5. The molecule has 2 amide bonds. The first-order valence-electron chi connectivity index (χ1n) is 9.24. The van der Waals surface area contributed by atoms with Crippen LogP contribution in [-0.4, -0.2) is 79.6 Å². The van der Waals surface area contributed by atoms with E-state index in [4.69, 9.17) is 5.73 Å². The smallest absolute Gasteiger partial charge is 0.243 e. The second kappa shape index (κ2) is 9.69. The molecule has 0 bridgehead atoms. The Morgan fingerprint density at radius 2 is 1.50 bits per heavy atom. The van der Waals surface area contributed by atoms with Gasteiger partial charge in [-0.05, 0) is 18.6 Å². The molecule has 156 valence electrons. The van der Waals surface area contributed by atoms with Gasteiger partial charge in [0.15, 0.2) is 0 Å². The van der Waals surface area contributed by atoms with Crippen LogP contribution in [0.15, 0.2) is 35.2 Å². The Morgan fingerprint density at radius 3 is 2.04 bits per heavy atom. The standard InChI is InChI=1S/C18H26N4O4S.ClH/c19-15-8-9-21(14-15)18(24)7-6-17(23)20-10-12-22(13-11-20)27(25,26)16-4-2-1-3-5-16;/h1-5,15H,6-14,19H2;1H/t15-;/m1./s1. The number of nitrogens with two attached hydrogens (primary N) is 1. The quantitative estimate of drug-likeness (QED) is 0.722. The molecule has 3 rings (SSSR count). The first-order chi connectivity index (χ1) is 12.9. The average molecular weight is 431 g/mol. The molecular formula is C18H27ClN4O4S. The molecule has 2 saturated heterocycles. The highest BCUT2D eigenvalue weighted by Gasteiger charge is 2.30. The summed E-state index contributed by atoms with van der Waals surface area (Å²) >= 11 is 0. The van der Waals surface area contributed by atoms with Crippen molar-refractivity contribution in [2.45, 2.75) is 30.2 Å². The van der Waals surface area contributed by atoms with Gasteiger partial charge in [0, 0.05) is 58.2 Å². The Labute approximate surface area is 172 Å². The number of benzene rings is 1. The first kappa shape index (κ1) is 22.6. The van der Waals surface area contributed by atoms with Gasteiger partial charge in [0.2, 0.25) is 21.8 Å². The molecule has 0 radical (unpaired) electrons. The van der Waals surface area contributed by atoms with Crippen molar-refractivity contribution >= 4 is 34.2 Å². The monoisotopic (exact) mass is 430 g/mol. The van der Waals surface area contributed by atoms with Crippen LogP contribution in [0.2, 0.25) is 0 Å². The second-order valence-corrected chi connectivity index (χ2v) is 8.92. The summed E-state index contributed by atoms with van der Waals surface area (Å²) in [6.45, 7) is 2.42. The fourth-order valence-electron chi connectivity index (χ4n) is 3.46. The molecule has 1 aromatic rings. The van der Waals surface area contributed by atoms with Crippen LogP contribution in [0.1, 0.15) is 19.3 Å². The molecular weight excluding hydrogens is 404 g/mol. The topological polar surface area (TPSA) is 104 Å². The van der Waals surface area contributed by atoms with Gasteiger partial charge >= 0.3 is 0 Å². The zero-order chi connectivity index (χ0) is 19.4. The Hall–Kier alpha value is -1.68. The van der Waals surface area contributed by atoms with Crippen LogP contribution in [0.5, 0.6) is 0 Å². The average Bonchev–Trinajstić information content (AvgIpc) is 3.13. The third-order valence-electron chi connectivity index (χ3n) is 5.10. The van der Waals surface area contributed by atoms with E-state index in [1.165, 1.54) is 4.31 Å². The largest absolute Gasteiger partial charge is 0.341 e. The number of hydrogen-bond acceptors (Lipinski definition) is 5. The van der Waals surface area contributed by atoms with Crippen LogP contribution in [0.4, 0.5) is 0 Å². The number of hydrogen-bond donors (Lipinski definition) is 1. The van der Waals surface area contributed by atoms with Gasteiger partial charge in [-0.25, -0.2) is 8.42 Å². The molecule has 8 nitrogen and oxygen atoms in total. The van der Waals surface area contributed by atoms with E-state index in [-0.39, 0.29) is 61.1 Å². The summed E-state index contributed by atoms with van der Waals surface area (Å²) in [6, 6.07) is 8.33.